The molecule has 0 saturated heterocycles. The zero-order chi connectivity index (χ0) is 10.3. The van der Waals surface area contributed by atoms with Gasteiger partial charge in [0.2, 0.25) is 0 Å². The van der Waals surface area contributed by atoms with Crippen LogP contribution in [0.3, 0.4) is 0 Å². The number of nitrogens with zero attached hydrogens (tertiary/aromatic N) is 1. The van der Waals surface area contributed by atoms with Crippen molar-refractivity contribution in [3.63, 3.8) is 0 Å². The molecule has 0 aliphatic rings. The van der Waals surface area contributed by atoms with E-state index in [9.17, 15) is 4.79 Å². The van der Waals surface area contributed by atoms with Gasteiger partial charge in [-0.25, -0.2) is 0 Å². The van der Waals surface area contributed by atoms with Crippen LogP contribution in [0.2, 0.25) is 0 Å². The van der Waals surface area contributed by atoms with E-state index in [1.807, 2.05) is 35.9 Å². The summed E-state index contributed by atoms with van der Waals surface area (Å²) in [7, 11) is 1.91. The predicted octanol–water partition coefficient (Wildman–Crippen LogP) is 3.14. The Morgan fingerprint density at radius 3 is 2.71 bits per heavy atom. The first-order chi connectivity index (χ1) is 6.61. The van der Waals surface area contributed by atoms with Crippen molar-refractivity contribution in [2.24, 2.45) is 7.05 Å². The Hall–Kier alpha value is -1.09. The first kappa shape index (κ1) is 9.46. The van der Waals surface area contributed by atoms with Crippen molar-refractivity contribution in [2.45, 2.75) is 6.92 Å². The third-order valence-electron chi connectivity index (χ3n) is 2.39. The van der Waals surface area contributed by atoms with Gasteiger partial charge in [-0.3, -0.25) is 4.79 Å². The number of benzene rings is 1. The van der Waals surface area contributed by atoms with Gasteiger partial charge >= 0.3 is 0 Å². The molecule has 2 aromatic rings. The van der Waals surface area contributed by atoms with Crippen LogP contribution in [-0.2, 0) is 7.05 Å². The molecule has 0 fully saturated rings. The van der Waals surface area contributed by atoms with Crippen LogP contribution in [-0.4, -0.2) is 10.4 Å². The third kappa shape index (κ3) is 1.28. The van der Waals surface area contributed by atoms with Crippen molar-refractivity contribution in [1.29, 1.82) is 0 Å². The van der Waals surface area contributed by atoms with Gasteiger partial charge in [0.15, 0.2) is 5.78 Å². The number of hydrogen-bond acceptors (Lipinski definition) is 1. The number of aryl methyl sites for hydroxylation is 1. The second-order valence-electron chi connectivity index (χ2n) is 3.32. The second-order valence-corrected chi connectivity index (χ2v) is 4.17. The number of hydrogen-bond donors (Lipinski definition) is 0. The SMILES string of the molecule is CC(=O)c1cc2c(Br)cccc2n1C. The normalized spacial score (nSPS) is 10.8. The van der Waals surface area contributed by atoms with Gasteiger partial charge in [-0.1, -0.05) is 22.0 Å². The summed E-state index contributed by atoms with van der Waals surface area (Å²) in [5, 5.41) is 1.08. The number of carbonyl (C=O) groups is 1. The topological polar surface area (TPSA) is 22.0 Å². The second kappa shape index (κ2) is 3.24. The molecule has 2 rings (SSSR count). The average molecular weight is 252 g/mol. The minimum absolute atomic E-state index is 0.0931. The van der Waals surface area contributed by atoms with Gasteiger partial charge in [-0.2, -0.15) is 0 Å². The molecule has 0 aliphatic heterocycles. The highest BCUT2D eigenvalue weighted by molar-refractivity contribution is 9.10. The Morgan fingerprint density at radius 2 is 2.14 bits per heavy atom. The predicted molar refractivity (Wildman–Crippen MR) is 60.6 cm³/mol. The van der Waals surface area contributed by atoms with Crippen LogP contribution in [0, 0.1) is 0 Å². The van der Waals surface area contributed by atoms with E-state index in [1.165, 1.54) is 0 Å². The van der Waals surface area contributed by atoms with Gasteiger partial charge in [0, 0.05) is 29.3 Å². The lowest BCUT2D eigenvalue weighted by Crippen LogP contribution is -2.00. The standard InChI is InChI=1S/C11H10BrNO/c1-7(14)11-6-8-9(12)4-3-5-10(8)13(11)2/h3-6H,1-2H3. The van der Waals surface area contributed by atoms with E-state index >= 15 is 0 Å². The van der Waals surface area contributed by atoms with Crippen LogP contribution >= 0.6 is 15.9 Å². The van der Waals surface area contributed by atoms with Crippen molar-refractivity contribution in [3.05, 3.63) is 34.4 Å². The minimum atomic E-state index is 0.0931. The Labute approximate surface area is 90.7 Å². The zero-order valence-electron chi connectivity index (χ0n) is 8.04. The summed E-state index contributed by atoms with van der Waals surface area (Å²) in [5.74, 6) is 0.0931. The quantitative estimate of drug-likeness (QED) is 0.714. The Bertz CT molecular complexity index is 513. The summed E-state index contributed by atoms with van der Waals surface area (Å²) in [6.07, 6.45) is 0. The molecule has 1 aromatic heterocycles. The fraction of sp³-hybridized carbons (Fsp3) is 0.182. The summed E-state index contributed by atoms with van der Waals surface area (Å²) in [6, 6.07) is 7.87. The molecule has 0 spiro atoms. The number of halogens is 1. The van der Waals surface area contributed by atoms with Crippen molar-refractivity contribution in [3.8, 4) is 0 Å². The van der Waals surface area contributed by atoms with Gasteiger partial charge in [0.25, 0.3) is 0 Å². The van der Waals surface area contributed by atoms with Crippen LogP contribution < -0.4 is 0 Å². The Kier molecular flexibility index (Phi) is 2.19. The molecule has 0 N–H and O–H groups in total. The molecule has 0 unspecified atom stereocenters. The molecule has 0 atom stereocenters. The highest BCUT2D eigenvalue weighted by atomic mass is 79.9. The summed E-state index contributed by atoms with van der Waals surface area (Å²) < 4.78 is 2.95. The van der Waals surface area contributed by atoms with Gasteiger partial charge in [-0.15, -0.1) is 0 Å². The molecule has 3 heteroatoms. The molecular formula is C11H10BrNO. The molecule has 14 heavy (non-hydrogen) atoms. The van der Waals surface area contributed by atoms with Crippen molar-refractivity contribution in [1.82, 2.24) is 4.57 Å². The number of ketones is 1. The number of fused-ring (bicyclic) bond motifs is 1. The van der Waals surface area contributed by atoms with E-state index in [-0.39, 0.29) is 5.78 Å². The fourth-order valence-electron chi connectivity index (χ4n) is 1.66. The highest BCUT2D eigenvalue weighted by Gasteiger charge is 2.10. The average Bonchev–Trinajstić information content (AvgIpc) is 2.46. The molecule has 0 aliphatic carbocycles. The van der Waals surface area contributed by atoms with Gasteiger partial charge in [0.1, 0.15) is 0 Å². The molecule has 0 amide bonds. The van der Waals surface area contributed by atoms with E-state index in [2.05, 4.69) is 15.9 Å². The third-order valence-corrected chi connectivity index (χ3v) is 3.09. The molecule has 0 saturated carbocycles. The highest BCUT2D eigenvalue weighted by Crippen LogP contribution is 2.26. The maximum Gasteiger partial charge on any atom is 0.176 e. The number of rotatable bonds is 1. The molecule has 1 heterocycles. The maximum atomic E-state index is 11.3. The fourth-order valence-corrected chi connectivity index (χ4v) is 2.13. The molecule has 72 valence electrons. The van der Waals surface area contributed by atoms with Crippen LogP contribution in [0.25, 0.3) is 10.9 Å². The van der Waals surface area contributed by atoms with Crippen LogP contribution in [0.4, 0.5) is 0 Å². The number of carbonyl (C=O) groups excluding carboxylic acids is 1. The lowest BCUT2D eigenvalue weighted by Gasteiger charge is -1.99. The molecule has 2 nitrogen and oxygen atoms in total. The first-order valence-electron chi connectivity index (χ1n) is 4.36. The first-order valence-corrected chi connectivity index (χ1v) is 5.15. The van der Waals surface area contributed by atoms with Crippen molar-refractivity contribution < 1.29 is 4.79 Å². The van der Waals surface area contributed by atoms with E-state index in [1.54, 1.807) is 6.92 Å². The molecule has 0 radical (unpaired) electrons. The van der Waals surface area contributed by atoms with Gasteiger partial charge in [0.05, 0.1) is 5.69 Å². The summed E-state index contributed by atoms with van der Waals surface area (Å²) in [4.78, 5) is 11.3. The van der Waals surface area contributed by atoms with E-state index in [0.29, 0.717) is 0 Å². The monoisotopic (exact) mass is 251 g/mol. The van der Waals surface area contributed by atoms with Crippen LogP contribution in [0.15, 0.2) is 28.7 Å². The molecule has 1 aromatic carbocycles. The van der Waals surface area contributed by atoms with E-state index < -0.39 is 0 Å². The summed E-state index contributed by atoms with van der Waals surface area (Å²) in [6.45, 7) is 1.59. The zero-order valence-corrected chi connectivity index (χ0v) is 9.63. The summed E-state index contributed by atoms with van der Waals surface area (Å²) >= 11 is 3.47. The van der Waals surface area contributed by atoms with E-state index in [0.717, 1.165) is 21.1 Å². The molecular weight excluding hydrogens is 242 g/mol. The van der Waals surface area contributed by atoms with Crippen molar-refractivity contribution in [2.75, 3.05) is 0 Å². The number of aromatic nitrogens is 1. The smallest absolute Gasteiger partial charge is 0.176 e. The van der Waals surface area contributed by atoms with Gasteiger partial charge < -0.3 is 4.57 Å². The summed E-state index contributed by atoms with van der Waals surface area (Å²) in [5.41, 5.74) is 1.82. The van der Waals surface area contributed by atoms with Crippen LogP contribution in [0.1, 0.15) is 17.4 Å². The van der Waals surface area contributed by atoms with E-state index in [4.69, 9.17) is 0 Å². The Morgan fingerprint density at radius 1 is 1.43 bits per heavy atom. The molecule has 0 bridgehead atoms. The minimum Gasteiger partial charge on any atom is -0.341 e. The largest absolute Gasteiger partial charge is 0.341 e. The van der Waals surface area contributed by atoms with Crippen molar-refractivity contribution >= 4 is 32.6 Å². The van der Waals surface area contributed by atoms with Gasteiger partial charge in [-0.05, 0) is 18.2 Å². The van der Waals surface area contributed by atoms with Crippen LogP contribution in [0.5, 0.6) is 0 Å². The Balaban J connectivity index is 2.86. The lowest BCUT2D eigenvalue weighted by atomic mass is 10.2. The maximum absolute atomic E-state index is 11.3. The lowest BCUT2D eigenvalue weighted by molar-refractivity contribution is 0.101. The number of Topliss-reactive ketones (excluding diaryl/α,β-unsaturated/α-hetero) is 1.